The maximum Gasteiger partial charge on any atom is 0.261 e. The van der Waals surface area contributed by atoms with E-state index in [-0.39, 0.29) is 17.7 Å². The highest BCUT2D eigenvalue weighted by Crippen LogP contribution is 2.26. The van der Waals surface area contributed by atoms with Gasteiger partial charge in [-0.25, -0.2) is 0 Å². The first-order valence-corrected chi connectivity index (χ1v) is 6.17. The van der Waals surface area contributed by atoms with Crippen LogP contribution in [0.15, 0.2) is 18.2 Å². The van der Waals surface area contributed by atoms with E-state index in [1.54, 1.807) is 18.2 Å². The number of rotatable bonds is 3. The van der Waals surface area contributed by atoms with Gasteiger partial charge in [0.1, 0.15) is 0 Å². The first kappa shape index (κ1) is 12.6. The summed E-state index contributed by atoms with van der Waals surface area (Å²) in [6, 6.07) is 4.86. The summed E-state index contributed by atoms with van der Waals surface area (Å²) in [6.45, 7) is 6.67. The minimum atomic E-state index is -0.227. The van der Waals surface area contributed by atoms with E-state index in [0.717, 1.165) is 0 Å². The van der Waals surface area contributed by atoms with Gasteiger partial charge in [-0.3, -0.25) is 14.5 Å². The van der Waals surface area contributed by atoms with Crippen LogP contribution >= 0.6 is 0 Å². The van der Waals surface area contributed by atoms with Gasteiger partial charge in [0.15, 0.2) is 0 Å². The molecule has 1 aliphatic rings. The van der Waals surface area contributed by atoms with Crippen molar-refractivity contribution in [3.05, 3.63) is 29.3 Å². The van der Waals surface area contributed by atoms with E-state index in [2.05, 4.69) is 13.8 Å². The van der Waals surface area contributed by atoms with Crippen LogP contribution in [0.25, 0.3) is 0 Å². The zero-order valence-electron chi connectivity index (χ0n) is 10.9. The van der Waals surface area contributed by atoms with E-state index in [9.17, 15) is 9.59 Å². The van der Waals surface area contributed by atoms with Crippen LogP contribution < -0.4 is 5.73 Å². The smallest absolute Gasteiger partial charge is 0.261 e. The molecule has 18 heavy (non-hydrogen) atoms. The van der Waals surface area contributed by atoms with Crippen molar-refractivity contribution in [1.29, 1.82) is 0 Å². The van der Waals surface area contributed by atoms with Gasteiger partial charge in [0, 0.05) is 12.2 Å². The summed E-state index contributed by atoms with van der Waals surface area (Å²) in [5.41, 5.74) is 7.05. The molecule has 4 nitrogen and oxygen atoms in total. The number of amides is 2. The van der Waals surface area contributed by atoms with Crippen molar-refractivity contribution in [3.8, 4) is 0 Å². The molecule has 1 aromatic carbocycles. The molecule has 1 heterocycles. The van der Waals surface area contributed by atoms with E-state index in [0.29, 0.717) is 29.3 Å². The monoisotopic (exact) mass is 246 g/mol. The van der Waals surface area contributed by atoms with Gasteiger partial charge in [-0.05, 0) is 30.0 Å². The Balaban J connectivity index is 2.29. The summed E-state index contributed by atoms with van der Waals surface area (Å²) in [6.07, 6.45) is 0. The molecule has 0 bridgehead atoms. The number of anilines is 1. The summed E-state index contributed by atoms with van der Waals surface area (Å²) in [5, 5.41) is 0. The molecule has 2 amide bonds. The van der Waals surface area contributed by atoms with Gasteiger partial charge in [0.2, 0.25) is 0 Å². The van der Waals surface area contributed by atoms with Crippen LogP contribution in [0.1, 0.15) is 41.5 Å². The fourth-order valence-electron chi connectivity index (χ4n) is 1.97. The van der Waals surface area contributed by atoms with Gasteiger partial charge in [-0.2, -0.15) is 0 Å². The van der Waals surface area contributed by atoms with Crippen LogP contribution in [0.4, 0.5) is 5.69 Å². The number of carbonyl (C=O) groups is 2. The molecule has 1 atom stereocenters. The quantitative estimate of drug-likeness (QED) is 0.656. The zero-order chi connectivity index (χ0) is 13.4. The second kappa shape index (κ2) is 4.44. The third-order valence-electron chi connectivity index (χ3n) is 3.60. The van der Waals surface area contributed by atoms with Gasteiger partial charge >= 0.3 is 0 Å². The van der Waals surface area contributed by atoms with Crippen molar-refractivity contribution in [3.63, 3.8) is 0 Å². The lowest BCUT2D eigenvalue weighted by atomic mass is 9.98. The number of hydrogen-bond acceptors (Lipinski definition) is 3. The fraction of sp³-hybridized carbons (Fsp3) is 0.429. The van der Waals surface area contributed by atoms with E-state index < -0.39 is 0 Å². The molecule has 0 aliphatic carbocycles. The zero-order valence-corrected chi connectivity index (χ0v) is 10.9. The number of imide groups is 1. The SMILES string of the molecule is CC(C)C(C)CN1C(=O)c2ccc(N)cc2C1=O. The Morgan fingerprint density at radius 2 is 1.72 bits per heavy atom. The first-order chi connectivity index (χ1) is 8.41. The molecule has 0 spiro atoms. The van der Waals surface area contributed by atoms with Gasteiger partial charge in [-0.15, -0.1) is 0 Å². The Bertz CT molecular complexity index is 509. The lowest BCUT2D eigenvalue weighted by Crippen LogP contribution is -2.35. The predicted octanol–water partition coefficient (Wildman–Crippen LogP) is 2.16. The number of fused-ring (bicyclic) bond motifs is 1. The maximum atomic E-state index is 12.2. The molecule has 1 aromatic rings. The van der Waals surface area contributed by atoms with Crippen LogP contribution in [0.3, 0.4) is 0 Å². The van der Waals surface area contributed by atoms with Crippen molar-refractivity contribution < 1.29 is 9.59 Å². The minimum Gasteiger partial charge on any atom is -0.399 e. The molecular weight excluding hydrogens is 228 g/mol. The highest BCUT2D eigenvalue weighted by molar-refractivity contribution is 6.21. The Hall–Kier alpha value is -1.84. The van der Waals surface area contributed by atoms with Crippen LogP contribution in [0.5, 0.6) is 0 Å². The van der Waals surface area contributed by atoms with E-state index in [1.807, 2.05) is 6.92 Å². The Kier molecular flexibility index (Phi) is 3.11. The van der Waals surface area contributed by atoms with Crippen LogP contribution in [-0.2, 0) is 0 Å². The highest BCUT2D eigenvalue weighted by atomic mass is 16.2. The molecule has 0 fully saturated rings. The van der Waals surface area contributed by atoms with Crippen molar-refractivity contribution in [2.45, 2.75) is 20.8 Å². The largest absolute Gasteiger partial charge is 0.399 e. The fourth-order valence-corrected chi connectivity index (χ4v) is 1.97. The van der Waals surface area contributed by atoms with Crippen LogP contribution in [0.2, 0.25) is 0 Å². The van der Waals surface area contributed by atoms with Crippen molar-refractivity contribution in [1.82, 2.24) is 4.90 Å². The Labute approximate surface area is 107 Å². The van der Waals surface area contributed by atoms with Crippen molar-refractivity contribution in [2.24, 2.45) is 11.8 Å². The van der Waals surface area contributed by atoms with Gasteiger partial charge in [0.25, 0.3) is 11.8 Å². The topological polar surface area (TPSA) is 63.4 Å². The normalized spacial score (nSPS) is 16.3. The molecule has 0 saturated carbocycles. The average Bonchev–Trinajstić information content (AvgIpc) is 2.54. The Morgan fingerprint density at radius 3 is 2.33 bits per heavy atom. The molecule has 2 rings (SSSR count). The summed E-state index contributed by atoms with van der Waals surface area (Å²) in [5.74, 6) is 0.279. The number of nitrogens with zero attached hydrogens (tertiary/aromatic N) is 1. The third-order valence-corrected chi connectivity index (χ3v) is 3.60. The summed E-state index contributed by atoms with van der Waals surface area (Å²) >= 11 is 0. The molecule has 2 N–H and O–H groups in total. The second-order valence-corrected chi connectivity index (χ2v) is 5.25. The van der Waals surface area contributed by atoms with Crippen molar-refractivity contribution >= 4 is 17.5 Å². The van der Waals surface area contributed by atoms with Crippen LogP contribution in [-0.4, -0.2) is 23.3 Å². The van der Waals surface area contributed by atoms with Gasteiger partial charge in [-0.1, -0.05) is 20.8 Å². The molecule has 96 valence electrons. The molecule has 1 aliphatic heterocycles. The number of nitrogens with two attached hydrogens (primary N) is 1. The summed E-state index contributed by atoms with van der Waals surface area (Å²) in [4.78, 5) is 25.6. The minimum absolute atomic E-state index is 0.206. The first-order valence-electron chi connectivity index (χ1n) is 6.17. The van der Waals surface area contributed by atoms with Gasteiger partial charge in [0.05, 0.1) is 11.1 Å². The lowest BCUT2D eigenvalue weighted by molar-refractivity contribution is 0.0621. The van der Waals surface area contributed by atoms with E-state index >= 15 is 0 Å². The summed E-state index contributed by atoms with van der Waals surface area (Å²) in [7, 11) is 0. The average molecular weight is 246 g/mol. The van der Waals surface area contributed by atoms with Crippen molar-refractivity contribution in [2.75, 3.05) is 12.3 Å². The predicted molar refractivity (Wildman–Crippen MR) is 70.2 cm³/mol. The molecular formula is C14H18N2O2. The second-order valence-electron chi connectivity index (χ2n) is 5.25. The molecule has 1 unspecified atom stereocenters. The number of hydrogen-bond donors (Lipinski definition) is 1. The van der Waals surface area contributed by atoms with Gasteiger partial charge < -0.3 is 5.73 Å². The van der Waals surface area contributed by atoms with Crippen LogP contribution in [0, 0.1) is 11.8 Å². The molecule has 4 heteroatoms. The standard InChI is InChI=1S/C14H18N2O2/c1-8(2)9(3)7-16-13(17)11-5-4-10(15)6-12(11)14(16)18/h4-6,8-9H,7,15H2,1-3H3. The lowest BCUT2D eigenvalue weighted by Gasteiger charge is -2.21. The number of carbonyl (C=O) groups excluding carboxylic acids is 2. The van der Waals surface area contributed by atoms with E-state index in [1.165, 1.54) is 4.90 Å². The maximum absolute atomic E-state index is 12.2. The Morgan fingerprint density at radius 1 is 1.11 bits per heavy atom. The molecule has 0 aromatic heterocycles. The molecule has 0 radical (unpaired) electrons. The highest BCUT2D eigenvalue weighted by Gasteiger charge is 2.36. The number of benzene rings is 1. The number of nitrogen functional groups attached to an aromatic ring is 1. The van der Waals surface area contributed by atoms with E-state index in [4.69, 9.17) is 5.73 Å². The summed E-state index contributed by atoms with van der Waals surface area (Å²) < 4.78 is 0. The molecule has 0 saturated heterocycles. The third kappa shape index (κ3) is 1.98.